The SMILES string of the molecule is N#Cc1ccc(Nc2cnccc2SCCCCCC(=O)[O-])c2ccccc12.[Na+]. The molecule has 29 heavy (non-hydrogen) atoms. The second-order valence-corrected chi connectivity index (χ2v) is 7.48. The molecule has 2 aromatic carbocycles. The first kappa shape index (κ1) is 23.2. The van der Waals surface area contributed by atoms with Gasteiger partial charge in [-0.25, -0.2) is 0 Å². The van der Waals surface area contributed by atoms with Gasteiger partial charge in [0.2, 0.25) is 0 Å². The van der Waals surface area contributed by atoms with Crippen LogP contribution in [-0.2, 0) is 4.79 Å². The Morgan fingerprint density at radius 2 is 1.86 bits per heavy atom. The number of carboxylic acid groups (broad SMARTS) is 1. The summed E-state index contributed by atoms with van der Waals surface area (Å²) >= 11 is 1.72. The van der Waals surface area contributed by atoms with E-state index in [0.29, 0.717) is 12.0 Å². The Kier molecular flexibility index (Phi) is 9.49. The Bertz CT molecular complexity index is 1020. The molecule has 3 rings (SSSR count). The number of carbonyl (C=O) groups excluding carboxylic acids is 1. The predicted octanol–water partition coefficient (Wildman–Crippen LogP) is 1.26. The van der Waals surface area contributed by atoms with Gasteiger partial charge in [0.15, 0.2) is 0 Å². The zero-order valence-electron chi connectivity index (χ0n) is 16.4. The van der Waals surface area contributed by atoms with Crippen molar-refractivity contribution in [3.8, 4) is 6.07 Å². The molecule has 0 fully saturated rings. The monoisotopic (exact) mass is 413 g/mol. The van der Waals surface area contributed by atoms with Crippen LogP contribution in [0.15, 0.2) is 59.8 Å². The minimum absolute atomic E-state index is 0. The zero-order valence-corrected chi connectivity index (χ0v) is 19.2. The summed E-state index contributed by atoms with van der Waals surface area (Å²) in [6.07, 6.45) is 6.15. The summed E-state index contributed by atoms with van der Waals surface area (Å²) in [4.78, 5) is 15.8. The number of aliphatic carboxylic acids is 1. The first-order valence-corrected chi connectivity index (χ1v) is 10.1. The second-order valence-electron chi connectivity index (χ2n) is 6.35. The third kappa shape index (κ3) is 6.48. The maximum absolute atomic E-state index is 10.5. The number of thioether (sulfide) groups is 1. The van der Waals surface area contributed by atoms with Crippen LogP contribution >= 0.6 is 11.8 Å². The summed E-state index contributed by atoms with van der Waals surface area (Å²) in [6, 6.07) is 15.8. The number of aromatic nitrogens is 1. The molecule has 0 aliphatic carbocycles. The van der Waals surface area contributed by atoms with E-state index in [1.807, 2.05) is 42.5 Å². The molecule has 0 spiro atoms. The van der Waals surface area contributed by atoms with E-state index >= 15 is 0 Å². The number of unbranched alkanes of at least 4 members (excludes halogenated alkanes) is 2. The van der Waals surface area contributed by atoms with E-state index in [1.165, 1.54) is 0 Å². The number of pyridine rings is 1. The standard InChI is InChI=1S/C22H21N3O2S.Na/c23-14-16-9-10-19(18-7-4-3-6-17(16)18)25-20-15-24-12-11-21(20)28-13-5-1-2-8-22(26)27;/h3-4,6-7,9-12,15,25H,1-2,5,8,13H2,(H,26,27);/q;+1/p-1. The quantitative estimate of drug-likeness (QED) is 0.323. The fraction of sp³-hybridized carbons (Fsp3) is 0.227. The van der Waals surface area contributed by atoms with Crippen LogP contribution < -0.4 is 40.0 Å². The Labute approximate surface area is 196 Å². The number of benzene rings is 2. The summed E-state index contributed by atoms with van der Waals surface area (Å²) in [6.45, 7) is 0. The number of carbonyl (C=O) groups is 1. The second kappa shape index (κ2) is 11.8. The van der Waals surface area contributed by atoms with Gasteiger partial charge < -0.3 is 15.2 Å². The molecular weight excluding hydrogens is 393 g/mol. The summed E-state index contributed by atoms with van der Waals surface area (Å²) in [5.74, 6) is -0.0808. The van der Waals surface area contributed by atoms with Crippen LogP contribution in [-0.4, -0.2) is 16.7 Å². The molecular formula is C22H20N3NaO2S. The Hall–Kier alpha value is -2.04. The van der Waals surface area contributed by atoms with Crippen LogP contribution in [0.4, 0.5) is 11.4 Å². The normalized spacial score (nSPS) is 10.2. The molecule has 0 amide bonds. The Morgan fingerprint density at radius 1 is 1.07 bits per heavy atom. The van der Waals surface area contributed by atoms with E-state index in [4.69, 9.17) is 0 Å². The van der Waals surface area contributed by atoms with Crippen molar-refractivity contribution in [2.24, 2.45) is 0 Å². The van der Waals surface area contributed by atoms with Gasteiger partial charge in [-0.1, -0.05) is 30.7 Å². The largest absolute Gasteiger partial charge is 1.00 e. The Balaban J connectivity index is 0.00000300. The minimum atomic E-state index is -0.983. The van der Waals surface area contributed by atoms with Gasteiger partial charge in [-0.05, 0) is 43.2 Å². The molecule has 0 bridgehead atoms. The summed E-state index contributed by atoms with van der Waals surface area (Å²) in [5.41, 5.74) is 2.49. The van der Waals surface area contributed by atoms with Crippen molar-refractivity contribution >= 4 is 39.9 Å². The molecule has 0 aliphatic rings. The van der Waals surface area contributed by atoms with Crippen molar-refractivity contribution in [1.82, 2.24) is 4.98 Å². The number of nitriles is 1. The predicted molar refractivity (Wildman–Crippen MR) is 110 cm³/mol. The molecule has 7 heteroatoms. The first-order chi connectivity index (χ1) is 13.7. The molecule has 0 radical (unpaired) electrons. The fourth-order valence-corrected chi connectivity index (χ4v) is 3.97. The van der Waals surface area contributed by atoms with Gasteiger partial charge in [0.25, 0.3) is 0 Å². The smallest absolute Gasteiger partial charge is 0.550 e. The van der Waals surface area contributed by atoms with Crippen LogP contribution in [0, 0.1) is 11.3 Å². The molecule has 0 aliphatic heterocycles. The number of nitrogens with zero attached hydrogens (tertiary/aromatic N) is 2. The summed E-state index contributed by atoms with van der Waals surface area (Å²) in [7, 11) is 0. The van der Waals surface area contributed by atoms with Gasteiger partial charge in [0.1, 0.15) is 0 Å². The van der Waals surface area contributed by atoms with Crippen LogP contribution in [0.1, 0.15) is 31.2 Å². The molecule has 1 N–H and O–H groups in total. The van der Waals surface area contributed by atoms with Gasteiger partial charge in [-0.3, -0.25) is 4.98 Å². The van der Waals surface area contributed by atoms with Crippen molar-refractivity contribution in [3.05, 3.63) is 60.4 Å². The number of anilines is 2. The first-order valence-electron chi connectivity index (χ1n) is 9.14. The van der Waals surface area contributed by atoms with E-state index in [1.54, 1.807) is 24.2 Å². The van der Waals surface area contributed by atoms with Crippen LogP contribution in [0.25, 0.3) is 10.8 Å². The van der Waals surface area contributed by atoms with Crippen molar-refractivity contribution < 1.29 is 39.5 Å². The van der Waals surface area contributed by atoms with E-state index in [-0.39, 0.29) is 36.0 Å². The molecule has 0 unspecified atom stereocenters. The molecule has 142 valence electrons. The molecule has 0 atom stereocenters. The van der Waals surface area contributed by atoms with E-state index in [9.17, 15) is 15.2 Å². The van der Waals surface area contributed by atoms with Crippen LogP contribution in [0.3, 0.4) is 0 Å². The van der Waals surface area contributed by atoms with Gasteiger partial charge in [0.05, 0.1) is 23.5 Å². The van der Waals surface area contributed by atoms with Gasteiger partial charge in [-0.15, -0.1) is 11.8 Å². The van der Waals surface area contributed by atoms with Crippen molar-refractivity contribution in [2.75, 3.05) is 11.1 Å². The van der Waals surface area contributed by atoms with E-state index in [0.717, 1.165) is 45.6 Å². The van der Waals surface area contributed by atoms with Gasteiger partial charge >= 0.3 is 29.6 Å². The maximum atomic E-state index is 10.5. The third-order valence-corrected chi connectivity index (χ3v) is 5.54. The fourth-order valence-electron chi connectivity index (χ4n) is 2.98. The van der Waals surface area contributed by atoms with E-state index < -0.39 is 5.97 Å². The Morgan fingerprint density at radius 3 is 2.62 bits per heavy atom. The summed E-state index contributed by atoms with van der Waals surface area (Å²) < 4.78 is 0. The van der Waals surface area contributed by atoms with Crippen molar-refractivity contribution in [2.45, 2.75) is 30.6 Å². The van der Waals surface area contributed by atoms with Crippen LogP contribution in [0.2, 0.25) is 0 Å². The van der Waals surface area contributed by atoms with Gasteiger partial charge in [-0.2, -0.15) is 5.26 Å². The average molecular weight is 413 g/mol. The molecule has 3 aromatic rings. The number of nitrogens with one attached hydrogen (secondary N) is 1. The number of hydrogen-bond acceptors (Lipinski definition) is 6. The number of rotatable bonds is 9. The van der Waals surface area contributed by atoms with Gasteiger partial charge in [0, 0.05) is 33.5 Å². The third-order valence-electron chi connectivity index (χ3n) is 4.38. The number of fused-ring (bicyclic) bond motifs is 1. The van der Waals surface area contributed by atoms with E-state index in [2.05, 4.69) is 16.4 Å². The molecule has 5 nitrogen and oxygen atoms in total. The maximum Gasteiger partial charge on any atom is 1.00 e. The van der Waals surface area contributed by atoms with Crippen molar-refractivity contribution in [1.29, 1.82) is 5.26 Å². The molecule has 1 heterocycles. The average Bonchev–Trinajstić information content (AvgIpc) is 2.71. The van der Waals surface area contributed by atoms with Crippen LogP contribution in [0.5, 0.6) is 0 Å². The molecule has 0 saturated heterocycles. The molecule has 1 aromatic heterocycles. The summed E-state index contributed by atoms with van der Waals surface area (Å²) in [5, 5.41) is 25.1. The molecule has 0 saturated carbocycles. The topological polar surface area (TPSA) is 88.8 Å². The minimum Gasteiger partial charge on any atom is -0.550 e. The van der Waals surface area contributed by atoms with Crippen molar-refractivity contribution in [3.63, 3.8) is 0 Å². The number of carboxylic acids is 1. The number of hydrogen-bond donors (Lipinski definition) is 1. The zero-order chi connectivity index (χ0) is 19.8.